The number of hydrogen-bond donors (Lipinski definition) is 2. The van der Waals surface area contributed by atoms with E-state index >= 15 is 0 Å². The van der Waals surface area contributed by atoms with Crippen LogP contribution >= 0.6 is 0 Å². The topological polar surface area (TPSA) is 106 Å². The first-order valence-corrected chi connectivity index (χ1v) is 11.4. The molecule has 0 spiro atoms. The van der Waals surface area contributed by atoms with E-state index in [1.54, 1.807) is 6.20 Å². The van der Waals surface area contributed by atoms with Crippen molar-refractivity contribution in [1.82, 2.24) is 19.7 Å². The second kappa shape index (κ2) is 9.56. The van der Waals surface area contributed by atoms with Crippen molar-refractivity contribution in [3.05, 3.63) is 54.7 Å². The number of anilines is 2. The van der Waals surface area contributed by atoms with Gasteiger partial charge in [0.15, 0.2) is 5.58 Å². The second-order valence-corrected chi connectivity index (χ2v) is 8.47. The van der Waals surface area contributed by atoms with E-state index in [-0.39, 0.29) is 5.92 Å². The Balaban J connectivity index is 1.30. The highest BCUT2D eigenvalue weighted by Crippen LogP contribution is 2.34. The Hall–Kier alpha value is -3.85. The molecule has 0 unspecified atom stereocenters. The van der Waals surface area contributed by atoms with Crippen molar-refractivity contribution in [3.63, 3.8) is 0 Å². The largest absolute Gasteiger partial charge is 0.492 e. The highest BCUT2D eigenvalue weighted by atomic mass is 16.5. The number of hydrogen-bond acceptors (Lipinski definition) is 7. The Kier molecular flexibility index (Phi) is 6.18. The van der Waals surface area contributed by atoms with Gasteiger partial charge in [-0.3, -0.25) is 14.4 Å². The summed E-state index contributed by atoms with van der Waals surface area (Å²) >= 11 is 0. The van der Waals surface area contributed by atoms with Crippen molar-refractivity contribution < 1.29 is 19.1 Å². The van der Waals surface area contributed by atoms with Crippen LogP contribution in [0.25, 0.3) is 22.4 Å². The maximum atomic E-state index is 11.2. The Bertz CT molecular complexity index is 1260. The molecule has 1 aliphatic heterocycles. The van der Waals surface area contributed by atoms with Gasteiger partial charge in [-0.2, -0.15) is 10.1 Å². The molecule has 1 saturated heterocycles. The number of carboxylic acids is 1. The third-order valence-electron chi connectivity index (χ3n) is 6.22. The van der Waals surface area contributed by atoms with E-state index < -0.39 is 5.97 Å². The molecule has 2 N–H and O–H groups in total. The summed E-state index contributed by atoms with van der Waals surface area (Å²) in [6.45, 7) is 2.82. The lowest BCUT2D eigenvalue weighted by Gasteiger charge is -2.29. The fourth-order valence-corrected chi connectivity index (χ4v) is 4.31. The lowest BCUT2D eigenvalue weighted by atomic mass is 9.97. The van der Waals surface area contributed by atoms with Crippen molar-refractivity contribution in [3.8, 4) is 17.0 Å². The van der Waals surface area contributed by atoms with Crippen molar-refractivity contribution in [2.24, 2.45) is 13.0 Å². The minimum absolute atomic E-state index is 0.227. The summed E-state index contributed by atoms with van der Waals surface area (Å²) in [4.78, 5) is 17.9. The molecular weight excluding hydrogens is 434 g/mol. The number of oxazole rings is 1. The fourth-order valence-electron chi connectivity index (χ4n) is 4.31. The lowest BCUT2D eigenvalue weighted by Crippen LogP contribution is -2.38. The lowest BCUT2D eigenvalue weighted by molar-refractivity contribution is -0.143. The van der Waals surface area contributed by atoms with Crippen LogP contribution in [0, 0.1) is 5.92 Å². The van der Waals surface area contributed by atoms with Gasteiger partial charge < -0.3 is 19.6 Å². The smallest absolute Gasteiger partial charge is 0.306 e. The predicted molar refractivity (Wildman–Crippen MR) is 128 cm³/mol. The maximum absolute atomic E-state index is 11.2. The van der Waals surface area contributed by atoms with Crippen LogP contribution in [0.4, 0.5) is 11.7 Å². The van der Waals surface area contributed by atoms with E-state index in [9.17, 15) is 9.90 Å². The number of carbonyl (C=O) groups is 1. The van der Waals surface area contributed by atoms with Crippen LogP contribution in [0.3, 0.4) is 0 Å². The van der Waals surface area contributed by atoms with E-state index in [2.05, 4.69) is 20.3 Å². The first kappa shape index (κ1) is 22.0. The minimum atomic E-state index is -0.691. The van der Waals surface area contributed by atoms with Gasteiger partial charge in [0, 0.05) is 31.0 Å². The van der Waals surface area contributed by atoms with Gasteiger partial charge in [-0.15, -0.1) is 0 Å². The van der Waals surface area contributed by atoms with Crippen molar-refractivity contribution in [2.45, 2.75) is 12.8 Å². The number of ether oxygens (including phenoxy) is 1. The van der Waals surface area contributed by atoms with Gasteiger partial charge in [-0.1, -0.05) is 12.1 Å². The number of piperidine rings is 1. The van der Waals surface area contributed by atoms with Crippen LogP contribution in [0.1, 0.15) is 12.8 Å². The van der Waals surface area contributed by atoms with Crippen LogP contribution in [-0.2, 0) is 11.8 Å². The van der Waals surface area contributed by atoms with Crippen LogP contribution in [-0.4, -0.2) is 57.0 Å². The van der Waals surface area contributed by atoms with Gasteiger partial charge in [0.2, 0.25) is 0 Å². The third kappa shape index (κ3) is 4.74. The standard InChI is InChI=1S/C25H27N5O4/c1-29-21(8-11-26-29)19-16-18(27-25-28-20-4-2-3-5-23(20)34-25)6-7-22(19)33-15-14-30-12-9-17(10-13-30)24(31)32/h2-8,11,16-17H,9-10,12-15H2,1H3,(H,27,28)(H,31,32). The van der Waals surface area contributed by atoms with E-state index in [4.69, 9.17) is 9.15 Å². The molecule has 0 radical (unpaired) electrons. The molecule has 3 heterocycles. The fraction of sp³-hybridized carbons (Fsp3) is 0.320. The van der Waals surface area contributed by atoms with E-state index in [1.165, 1.54) is 0 Å². The first-order valence-electron chi connectivity index (χ1n) is 11.4. The molecule has 2 aromatic carbocycles. The van der Waals surface area contributed by atoms with E-state index in [1.807, 2.05) is 60.3 Å². The number of rotatable bonds is 8. The summed E-state index contributed by atoms with van der Waals surface area (Å²) in [5.41, 5.74) is 4.18. The van der Waals surface area contributed by atoms with Gasteiger partial charge in [-0.25, -0.2) is 0 Å². The zero-order valence-corrected chi connectivity index (χ0v) is 19.0. The summed E-state index contributed by atoms with van der Waals surface area (Å²) in [5.74, 6) is -0.162. The minimum Gasteiger partial charge on any atom is -0.492 e. The summed E-state index contributed by atoms with van der Waals surface area (Å²) < 4.78 is 13.8. The Morgan fingerprint density at radius 3 is 2.76 bits per heavy atom. The zero-order chi connectivity index (χ0) is 23.5. The van der Waals surface area contributed by atoms with Crippen molar-refractivity contribution in [2.75, 3.05) is 31.6 Å². The number of aromatic nitrogens is 3. The Morgan fingerprint density at radius 2 is 2.03 bits per heavy atom. The normalized spacial score (nSPS) is 15.0. The molecule has 34 heavy (non-hydrogen) atoms. The maximum Gasteiger partial charge on any atom is 0.306 e. The summed E-state index contributed by atoms with van der Waals surface area (Å²) in [6.07, 6.45) is 3.13. The Morgan fingerprint density at radius 1 is 1.21 bits per heavy atom. The number of para-hydroxylation sites is 2. The predicted octanol–water partition coefficient (Wildman–Crippen LogP) is 4.15. The number of fused-ring (bicyclic) bond motifs is 1. The highest BCUT2D eigenvalue weighted by Gasteiger charge is 2.24. The van der Waals surface area contributed by atoms with E-state index in [0.29, 0.717) is 25.5 Å². The molecule has 5 rings (SSSR count). The third-order valence-corrected chi connectivity index (χ3v) is 6.22. The average molecular weight is 462 g/mol. The number of nitrogens with zero attached hydrogens (tertiary/aromatic N) is 4. The number of benzene rings is 2. The number of carboxylic acid groups (broad SMARTS) is 1. The molecule has 1 aliphatic rings. The molecule has 176 valence electrons. The van der Waals surface area contributed by atoms with Crippen LogP contribution in [0.2, 0.25) is 0 Å². The van der Waals surface area contributed by atoms with Crippen molar-refractivity contribution in [1.29, 1.82) is 0 Å². The van der Waals surface area contributed by atoms with E-state index in [0.717, 1.165) is 53.4 Å². The quantitative estimate of drug-likeness (QED) is 0.403. The van der Waals surface area contributed by atoms with Gasteiger partial charge in [-0.05, 0) is 62.3 Å². The number of likely N-dealkylation sites (tertiary alicyclic amines) is 1. The number of aryl methyl sites for hydroxylation is 1. The molecule has 0 aliphatic carbocycles. The van der Waals surface area contributed by atoms with Gasteiger partial charge >= 0.3 is 5.97 Å². The second-order valence-electron chi connectivity index (χ2n) is 8.47. The molecular formula is C25H27N5O4. The van der Waals surface area contributed by atoms with Gasteiger partial charge in [0.1, 0.15) is 17.9 Å². The van der Waals surface area contributed by atoms with Crippen LogP contribution in [0.15, 0.2) is 59.1 Å². The van der Waals surface area contributed by atoms with Gasteiger partial charge in [0.25, 0.3) is 6.01 Å². The van der Waals surface area contributed by atoms with Crippen LogP contribution in [0.5, 0.6) is 5.75 Å². The SMILES string of the molecule is Cn1nccc1-c1cc(Nc2nc3ccccc3o2)ccc1OCCN1CCC(C(=O)O)CC1. The van der Waals surface area contributed by atoms with Gasteiger partial charge in [0.05, 0.1) is 11.6 Å². The molecule has 0 amide bonds. The monoisotopic (exact) mass is 461 g/mol. The average Bonchev–Trinajstić information content (AvgIpc) is 3.45. The zero-order valence-electron chi connectivity index (χ0n) is 19.0. The number of nitrogens with one attached hydrogen (secondary N) is 1. The first-order chi connectivity index (χ1) is 16.6. The highest BCUT2D eigenvalue weighted by molar-refractivity contribution is 5.77. The molecule has 0 bridgehead atoms. The molecule has 1 fully saturated rings. The summed E-state index contributed by atoms with van der Waals surface area (Å²) in [6, 6.07) is 15.9. The molecule has 4 aromatic rings. The summed E-state index contributed by atoms with van der Waals surface area (Å²) in [7, 11) is 1.90. The molecule has 9 nitrogen and oxygen atoms in total. The number of aliphatic carboxylic acids is 1. The molecule has 9 heteroatoms. The summed E-state index contributed by atoms with van der Waals surface area (Å²) in [5, 5.41) is 16.7. The van der Waals surface area contributed by atoms with Crippen molar-refractivity contribution >= 4 is 28.8 Å². The van der Waals surface area contributed by atoms with Crippen LogP contribution < -0.4 is 10.1 Å². The molecule has 0 atom stereocenters. The molecule has 2 aromatic heterocycles. The molecule has 0 saturated carbocycles. The Labute approximate surface area is 197 Å².